The second kappa shape index (κ2) is 5.05. The summed E-state index contributed by atoms with van der Waals surface area (Å²) in [4.78, 5) is 14.4. The van der Waals surface area contributed by atoms with Gasteiger partial charge in [-0.1, -0.05) is 11.4 Å². The van der Waals surface area contributed by atoms with Crippen LogP contribution in [-0.2, 0) is 13.0 Å². The minimum Gasteiger partial charge on any atom is -0.336 e. The van der Waals surface area contributed by atoms with Gasteiger partial charge in [0.25, 0.3) is 5.91 Å². The van der Waals surface area contributed by atoms with Gasteiger partial charge in [-0.25, -0.2) is 0 Å². The fourth-order valence-corrected chi connectivity index (χ4v) is 2.23. The highest BCUT2D eigenvalue weighted by molar-refractivity contribution is 7.07. The van der Waals surface area contributed by atoms with Gasteiger partial charge >= 0.3 is 0 Å². The summed E-state index contributed by atoms with van der Waals surface area (Å²) in [6, 6.07) is 0. The number of aromatic nitrogens is 4. The minimum atomic E-state index is -0.0435. The van der Waals surface area contributed by atoms with Crippen molar-refractivity contribution in [3.63, 3.8) is 0 Å². The third kappa shape index (κ3) is 2.50. The van der Waals surface area contributed by atoms with E-state index in [0.29, 0.717) is 11.4 Å². The number of hydrogen-bond acceptors (Lipinski definition) is 5. The first kappa shape index (κ1) is 11.7. The van der Waals surface area contributed by atoms with E-state index in [1.165, 1.54) is 0 Å². The summed E-state index contributed by atoms with van der Waals surface area (Å²) in [5.41, 5.74) is 1.73. The lowest BCUT2D eigenvalue weighted by atomic mass is 10.2. The molecule has 0 saturated heterocycles. The second-order valence-electron chi connectivity index (χ2n) is 3.67. The predicted molar refractivity (Wildman–Crippen MR) is 63.7 cm³/mol. The van der Waals surface area contributed by atoms with Crippen molar-refractivity contribution in [2.45, 2.75) is 19.9 Å². The normalized spacial score (nSPS) is 10.5. The van der Waals surface area contributed by atoms with E-state index >= 15 is 0 Å². The molecule has 6 nitrogen and oxygen atoms in total. The quantitative estimate of drug-likeness (QED) is 0.882. The van der Waals surface area contributed by atoms with Crippen LogP contribution in [-0.4, -0.2) is 37.6 Å². The Bertz CT molecular complexity index is 493. The molecule has 0 spiro atoms. The summed E-state index contributed by atoms with van der Waals surface area (Å²) < 4.78 is 3.82. The van der Waals surface area contributed by atoms with Crippen molar-refractivity contribution in [2.24, 2.45) is 0 Å². The Kier molecular flexibility index (Phi) is 3.48. The average molecular weight is 251 g/mol. The molecule has 0 aliphatic carbocycles. The summed E-state index contributed by atoms with van der Waals surface area (Å²) in [5.74, 6) is -0.0435. The smallest absolute Gasteiger partial charge is 0.267 e. The first-order chi connectivity index (χ1) is 8.22. The van der Waals surface area contributed by atoms with Crippen LogP contribution >= 0.6 is 11.5 Å². The molecule has 0 fully saturated rings. The highest BCUT2D eigenvalue weighted by Crippen LogP contribution is 2.14. The molecular weight excluding hydrogens is 238 g/mol. The molecule has 0 radical (unpaired) electrons. The van der Waals surface area contributed by atoms with Crippen molar-refractivity contribution in [3.05, 3.63) is 28.5 Å². The number of carbonyl (C=O) groups excluding carboxylic acids is 1. The number of H-pyrrole nitrogens is 1. The van der Waals surface area contributed by atoms with Gasteiger partial charge in [0.15, 0.2) is 0 Å². The van der Waals surface area contributed by atoms with E-state index in [1.807, 2.05) is 6.92 Å². The van der Waals surface area contributed by atoms with Gasteiger partial charge in [-0.05, 0) is 18.0 Å². The standard InChI is InChI=1S/C10H13N5OS/c1-3-8-9(17-14-13-8)10(16)15(2)6-7-4-11-12-5-7/h4-5H,3,6H2,1-2H3,(H,11,12). The van der Waals surface area contributed by atoms with Crippen LogP contribution < -0.4 is 0 Å². The zero-order chi connectivity index (χ0) is 12.3. The third-order valence-electron chi connectivity index (χ3n) is 2.41. The molecule has 2 aromatic rings. The molecule has 1 amide bonds. The van der Waals surface area contributed by atoms with Gasteiger partial charge in [-0.3, -0.25) is 9.89 Å². The van der Waals surface area contributed by atoms with Crippen molar-refractivity contribution in [1.29, 1.82) is 0 Å². The SMILES string of the molecule is CCc1nnsc1C(=O)N(C)Cc1cn[nH]c1. The Morgan fingerprint density at radius 1 is 1.59 bits per heavy atom. The number of amides is 1. The Morgan fingerprint density at radius 3 is 3.06 bits per heavy atom. The third-order valence-corrected chi connectivity index (χ3v) is 3.16. The molecule has 0 aliphatic rings. The van der Waals surface area contributed by atoms with Crippen LogP contribution in [0.4, 0.5) is 0 Å². The van der Waals surface area contributed by atoms with E-state index in [2.05, 4.69) is 19.8 Å². The fourth-order valence-electron chi connectivity index (χ4n) is 1.49. The molecule has 17 heavy (non-hydrogen) atoms. The number of aromatic amines is 1. The molecule has 1 N–H and O–H groups in total. The highest BCUT2D eigenvalue weighted by atomic mass is 32.1. The highest BCUT2D eigenvalue weighted by Gasteiger charge is 2.19. The maximum Gasteiger partial charge on any atom is 0.267 e. The van der Waals surface area contributed by atoms with E-state index in [9.17, 15) is 4.79 Å². The lowest BCUT2D eigenvalue weighted by molar-refractivity contribution is 0.0788. The summed E-state index contributed by atoms with van der Waals surface area (Å²) in [7, 11) is 1.76. The van der Waals surface area contributed by atoms with Crippen LogP contribution in [0.1, 0.15) is 27.9 Å². The van der Waals surface area contributed by atoms with E-state index < -0.39 is 0 Å². The second-order valence-corrected chi connectivity index (χ2v) is 4.42. The molecule has 0 saturated carbocycles. The van der Waals surface area contributed by atoms with Gasteiger partial charge in [-0.2, -0.15) is 5.10 Å². The Morgan fingerprint density at radius 2 is 2.41 bits per heavy atom. The van der Waals surface area contributed by atoms with Crippen molar-refractivity contribution in [2.75, 3.05) is 7.05 Å². The molecule has 0 aliphatic heterocycles. The molecule has 0 bridgehead atoms. The summed E-state index contributed by atoms with van der Waals surface area (Å²) in [6.07, 6.45) is 4.20. The zero-order valence-corrected chi connectivity index (χ0v) is 10.5. The molecule has 2 aromatic heterocycles. The van der Waals surface area contributed by atoms with Crippen LogP contribution in [0, 0.1) is 0 Å². The van der Waals surface area contributed by atoms with Gasteiger partial charge in [0.05, 0.1) is 11.9 Å². The van der Waals surface area contributed by atoms with Gasteiger partial charge < -0.3 is 4.90 Å². The van der Waals surface area contributed by atoms with Gasteiger partial charge in [0.2, 0.25) is 0 Å². The zero-order valence-electron chi connectivity index (χ0n) is 9.67. The van der Waals surface area contributed by atoms with Crippen LogP contribution in [0.15, 0.2) is 12.4 Å². The number of hydrogen-bond donors (Lipinski definition) is 1. The fraction of sp³-hybridized carbons (Fsp3) is 0.400. The lowest BCUT2D eigenvalue weighted by Gasteiger charge is -2.15. The van der Waals surface area contributed by atoms with Gasteiger partial charge in [0, 0.05) is 25.4 Å². The topological polar surface area (TPSA) is 74.8 Å². The number of rotatable bonds is 4. The largest absolute Gasteiger partial charge is 0.336 e. The van der Waals surface area contributed by atoms with Crippen molar-refractivity contribution in [1.82, 2.24) is 24.7 Å². The lowest BCUT2D eigenvalue weighted by Crippen LogP contribution is -2.26. The first-order valence-corrected chi connectivity index (χ1v) is 6.04. The number of carbonyl (C=O) groups is 1. The van der Waals surface area contributed by atoms with E-state index in [-0.39, 0.29) is 5.91 Å². The number of nitrogens with one attached hydrogen (secondary N) is 1. The predicted octanol–water partition coefficient (Wildman–Crippen LogP) is 1.10. The maximum absolute atomic E-state index is 12.1. The molecule has 0 atom stereocenters. The van der Waals surface area contributed by atoms with Crippen LogP contribution in [0.2, 0.25) is 0 Å². The average Bonchev–Trinajstić information content (AvgIpc) is 2.97. The molecule has 7 heteroatoms. The van der Waals surface area contributed by atoms with Crippen LogP contribution in [0.25, 0.3) is 0 Å². The minimum absolute atomic E-state index is 0.0435. The van der Waals surface area contributed by atoms with Gasteiger partial charge in [-0.15, -0.1) is 5.10 Å². The number of nitrogens with zero attached hydrogens (tertiary/aromatic N) is 4. The van der Waals surface area contributed by atoms with Crippen molar-refractivity contribution in [3.8, 4) is 0 Å². The van der Waals surface area contributed by atoms with Crippen LogP contribution in [0.5, 0.6) is 0 Å². The molecule has 0 aromatic carbocycles. The maximum atomic E-state index is 12.1. The molecule has 90 valence electrons. The molecule has 2 rings (SSSR count). The summed E-state index contributed by atoms with van der Waals surface area (Å²) >= 11 is 1.15. The van der Waals surface area contributed by atoms with Crippen molar-refractivity contribution >= 4 is 17.4 Å². The first-order valence-electron chi connectivity index (χ1n) is 5.26. The van der Waals surface area contributed by atoms with E-state index in [1.54, 1.807) is 24.3 Å². The van der Waals surface area contributed by atoms with E-state index in [0.717, 1.165) is 29.2 Å². The Hall–Kier alpha value is -1.76. The monoisotopic (exact) mass is 251 g/mol. The summed E-state index contributed by atoms with van der Waals surface area (Å²) in [6.45, 7) is 2.49. The van der Waals surface area contributed by atoms with Crippen LogP contribution in [0.3, 0.4) is 0 Å². The molecule has 2 heterocycles. The van der Waals surface area contributed by atoms with Gasteiger partial charge in [0.1, 0.15) is 4.88 Å². The Balaban J connectivity index is 2.09. The van der Waals surface area contributed by atoms with E-state index in [4.69, 9.17) is 0 Å². The summed E-state index contributed by atoms with van der Waals surface area (Å²) in [5, 5.41) is 10.5. The molecular formula is C10H13N5OS. The van der Waals surface area contributed by atoms with Crippen molar-refractivity contribution < 1.29 is 4.79 Å². The number of aryl methyl sites for hydroxylation is 1. The molecule has 0 unspecified atom stereocenters. The Labute approximate surface area is 103 Å².